The van der Waals surface area contributed by atoms with Gasteiger partial charge in [0, 0.05) is 45.4 Å². The Labute approximate surface area is 149 Å². The van der Waals surface area contributed by atoms with Crippen LogP contribution in [0.2, 0.25) is 0 Å². The first kappa shape index (κ1) is 17.9. The minimum atomic E-state index is 0.190. The van der Waals surface area contributed by atoms with E-state index in [9.17, 15) is 4.79 Å². The van der Waals surface area contributed by atoms with Crippen molar-refractivity contribution in [2.24, 2.45) is 0 Å². The Hall–Kier alpha value is -1.89. The van der Waals surface area contributed by atoms with E-state index < -0.39 is 0 Å². The minimum Gasteiger partial charge on any atom is -0.384 e. The van der Waals surface area contributed by atoms with E-state index in [-0.39, 0.29) is 5.91 Å². The summed E-state index contributed by atoms with van der Waals surface area (Å²) >= 11 is 0. The molecule has 0 unspecified atom stereocenters. The summed E-state index contributed by atoms with van der Waals surface area (Å²) in [4.78, 5) is 25.1. The van der Waals surface area contributed by atoms with E-state index >= 15 is 0 Å². The second-order valence-corrected chi connectivity index (χ2v) is 6.85. The fourth-order valence-electron chi connectivity index (χ4n) is 3.55. The highest BCUT2D eigenvalue weighted by Gasteiger charge is 2.23. The van der Waals surface area contributed by atoms with Crippen LogP contribution in [0.4, 0.5) is 11.6 Å². The molecule has 25 heavy (non-hydrogen) atoms. The predicted molar refractivity (Wildman–Crippen MR) is 97.8 cm³/mol. The second kappa shape index (κ2) is 8.99. The molecule has 1 aromatic rings. The topological polar surface area (TPSA) is 70.6 Å². The average molecular weight is 347 g/mol. The van der Waals surface area contributed by atoms with Crippen molar-refractivity contribution in [2.75, 3.05) is 50.1 Å². The van der Waals surface area contributed by atoms with Gasteiger partial charge in [-0.05, 0) is 32.1 Å². The third-order valence-electron chi connectivity index (χ3n) is 5.05. The maximum atomic E-state index is 12.0. The van der Waals surface area contributed by atoms with Gasteiger partial charge >= 0.3 is 0 Å². The number of nitrogens with zero attached hydrogens (tertiary/aromatic N) is 4. The van der Waals surface area contributed by atoms with E-state index in [0.717, 1.165) is 50.7 Å². The van der Waals surface area contributed by atoms with Gasteiger partial charge in [-0.25, -0.2) is 9.97 Å². The van der Waals surface area contributed by atoms with Gasteiger partial charge in [-0.1, -0.05) is 0 Å². The van der Waals surface area contributed by atoms with Crippen LogP contribution in [0.5, 0.6) is 0 Å². The summed E-state index contributed by atoms with van der Waals surface area (Å²) in [6.07, 6.45) is 7.80. The van der Waals surface area contributed by atoms with Gasteiger partial charge in [0.25, 0.3) is 0 Å². The third kappa shape index (κ3) is 5.04. The highest BCUT2D eigenvalue weighted by Crippen LogP contribution is 2.21. The van der Waals surface area contributed by atoms with Gasteiger partial charge in [-0.2, -0.15) is 0 Å². The van der Waals surface area contributed by atoms with Gasteiger partial charge < -0.3 is 19.9 Å². The first-order chi connectivity index (χ1) is 12.3. The smallest absolute Gasteiger partial charge is 0.224 e. The largest absolute Gasteiger partial charge is 0.384 e. The lowest BCUT2D eigenvalue weighted by molar-refractivity contribution is -0.133. The van der Waals surface area contributed by atoms with E-state index in [0.29, 0.717) is 19.1 Å². The van der Waals surface area contributed by atoms with Crippen molar-refractivity contribution >= 4 is 17.5 Å². The SMILES string of the molecule is COCCC(=O)N1CCC(Nc2cc(N3CCCCC3)ncn2)CC1. The number of hydrogen-bond acceptors (Lipinski definition) is 6. The van der Waals surface area contributed by atoms with E-state index in [1.807, 2.05) is 4.90 Å². The number of amides is 1. The Morgan fingerprint density at radius 3 is 2.68 bits per heavy atom. The molecule has 0 atom stereocenters. The van der Waals surface area contributed by atoms with Crippen molar-refractivity contribution in [3.8, 4) is 0 Å². The highest BCUT2D eigenvalue weighted by molar-refractivity contribution is 5.76. The van der Waals surface area contributed by atoms with Crippen molar-refractivity contribution in [3.63, 3.8) is 0 Å². The second-order valence-electron chi connectivity index (χ2n) is 6.85. The molecule has 0 aliphatic carbocycles. The number of carbonyl (C=O) groups excluding carboxylic acids is 1. The summed E-state index contributed by atoms with van der Waals surface area (Å²) in [5, 5.41) is 3.52. The first-order valence-corrected chi connectivity index (χ1v) is 9.36. The molecule has 2 aliphatic heterocycles. The Bertz CT molecular complexity index is 554. The lowest BCUT2D eigenvalue weighted by atomic mass is 10.0. The van der Waals surface area contributed by atoms with Gasteiger partial charge in [0.2, 0.25) is 5.91 Å². The number of methoxy groups -OCH3 is 1. The van der Waals surface area contributed by atoms with Crippen LogP contribution in [0, 0.1) is 0 Å². The summed E-state index contributed by atoms with van der Waals surface area (Å²) in [6, 6.07) is 2.41. The lowest BCUT2D eigenvalue weighted by Gasteiger charge is -2.33. The molecule has 2 fully saturated rings. The Morgan fingerprint density at radius 1 is 1.20 bits per heavy atom. The van der Waals surface area contributed by atoms with Crippen molar-refractivity contribution in [1.82, 2.24) is 14.9 Å². The molecule has 3 heterocycles. The van der Waals surface area contributed by atoms with Crippen LogP contribution < -0.4 is 10.2 Å². The predicted octanol–water partition coefficient (Wildman–Crippen LogP) is 1.91. The number of aromatic nitrogens is 2. The number of hydrogen-bond donors (Lipinski definition) is 1. The number of nitrogens with one attached hydrogen (secondary N) is 1. The molecule has 7 nitrogen and oxygen atoms in total. The number of carbonyl (C=O) groups is 1. The summed E-state index contributed by atoms with van der Waals surface area (Å²) < 4.78 is 4.99. The van der Waals surface area contributed by atoms with E-state index in [1.165, 1.54) is 19.3 Å². The Balaban J connectivity index is 1.49. The van der Waals surface area contributed by atoms with Crippen molar-refractivity contribution in [3.05, 3.63) is 12.4 Å². The summed E-state index contributed by atoms with van der Waals surface area (Å²) in [5.41, 5.74) is 0. The highest BCUT2D eigenvalue weighted by atomic mass is 16.5. The molecule has 2 saturated heterocycles. The van der Waals surface area contributed by atoms with Gasteiger partial charge in [0.1, 0.15) is 18.0 Å². The molecule has 1 N–H and O–H groups in total. The summed E-state index contributed by atoms with van der Waals surface area (Å²) in [7, 11) is 1.63. The van der Waals surface area contributed by atoms with Crippen LogP contribution in [0.3, 0.4) is 0 Å². The molecule has 0 bridgehead atoms. The van der Waals surface area contributed by atoms with Crippen LogP contribution in [0.25, 0.3) is 0 Å². The normalized spacial score (nSPS) is 19.1. The fraction of sp³-hybridized carbons (Fsp3) is 0.722. The summed E-state index contributed by atoms with van der Waals surface area (Å²) in [5.74, 6) is 2.10. The van der Waals surface area contributed by atoms with Crippen molar-refractivity contribution in [1.29, 1.82) is 0 Å². The van der Waals surface area contributed by atoms with Crippen LogP contribution in [-0.4, -0.2) is 66.7 Å². The van der Waals surface area contributed by atoms with Gasteiger partial charge in [-0.3, -0.25) is 4.79 Å². The minimum absolute atomic E-state index is 0.190. The van der Waals surface area contributed by atoms with E-state index in [1.54, 1.807) is 13.4 Å². The van der Waals surface area contributed by atoms with Crippen molar-refractivity contribution < 1.29 is 9.53 Å². The summed E-state index contributed by atoms with van der Waals surface area (Å²) in [6.45, 7) is 4.25. The Kier molecular flexibility index (Phi) is 6.44. The molecule has 2 aliphatic rings. The molecule has 3 rings (SSSR count). The van der Waals surface area contributed by atoms with Crippen LogP contribution in [0.1, 0.15) is 38.5 Å². The van der Waals surface area contributed by atoms with E-state index in [4.69, 9.17) is 4.74 Å². The van der Waals surface area contributed by atoms with Crippen LogP contribution >= 0.6 is 0 Å². The maximum Gasteiger partial charge on any atom is 0.224 e. The average Bonchev–Trinajstić information content (AvgIpc) is 2.67. The molecule has 1 aromatic heterocycles. The number of likely N-dealkylation sites (tertiary alicyclic amines) is 1. The van der Waals surface area contributed by atoms with Crippen LogP contribution in [0.15, 0.2) is 12.4 Å². The zero-order valence-electron chi connectivity index (χ0n) is 15.1. The van der Waals surface area contributed by atoms with Gasteiger partial charge in [0.05, 0.1) is 13.0 Å². The zero-order chi connectivity index (χ0) is 17.5. The molecule has 7 heteroatoms. The quantitative estimate of drug-likeness (QED) is 0.848. The number of rotatable bonds is 6. The monoisotopic (exact) mass is 347 g/mol. The van der Waals surface area contributed by atoms with Crippen molar-refractivity contribution in [2.45, 2.75) is 44.6 Å². The first-order valence-electron chi connectivity index (χ1n) is 9.36. The molecule has 1 amide bonds. The molecule has 138 valence electrons. The molecule has 0 radical (unpaired) electrons. The number of piperidine rings is 2. The molecule has 0 spiro atoms. The zero-order valence-corrected chi connectivity index (χ0v) is 15.1. The van der Waals surface area contributed by atoms with Gasteiger partial charge in [0.15, 0.2) is 0 Å². The Morgan fingerprint density at radius 2 is 1.96 bits per heavy atom. The number of anilines is 2. The van der Waals surface area contributed by atoms with E-state index in [2.05, 4.69) is 26.3 Å². The van der Waals surface area contributed by atoms with Gasteiger partial charge in [-0.15, -0.1) is 0 Å². The lowest BCUT2D eigenvalue weighted by Crippen LogP contribution is -2.42. The maximum absolute atomic E-state index is 12.0. The molecule has 0 saturated carbocycles. The third-order valence-corrected chi connectivity index (χ3v) is 5.05. The molecule has 0 aromatic carbocycles. The number of ether oxygens (including phenoxy) is 1. The standard InChI is InChI=1S/C18H29N5O2/c1-25-12-7-18(24)23-10-5-15(6-11-23)21-16-13-17(20-14-19-16)22-8-3-2-4-9-22/h13-15H,2-12H2,1H3,(H,19,20,21). The van der Waals surface area contributed by atoms with Crippen LogP contribution in [-0.2, 0) is 9.53 Å². The fourth-order valence-corrected chi connectivity index (χ4v) is 3.55. The molecular weight excluding hydrogens is 318 g/mol. The molecular formula is C18H29N5O2.